The van der Waals surface area contributed by atoms with Crippen LogP contribution in [0.4, 0.5) is 10.1 Å². The predicted molar refractivity (Wildman–Crippen MR) is 111 cm³/mol. The van der Waals surface area contributed by atoms with Crippen molar-refractivity contribution in [2.24, 2.45) is 0 Å². The molecule has 1 atom stereocenters. The topological polar surface area (TPSA) is 53.9 Å². The average Bonchev–Trinajstić information content (AvgIpc) is 3.56. The minimum Gasteiger partial charge on any atom is -0.339 e. The third-order valence-electron chi connectivity index (χ3n) is 5.35. The Morgan fingerprint density at radius 1 is 1.03 bits per heavy atom. The number of quaternary nitrogens is 1. The molecule has 1 aliphatic carbocycles. The van der Waals surface area contributed by atoms with E-state index in [1.807, 2.05) is 13.8 Å². The molecule has 1 fully saturated rings. The van der Waals surface area contributed by atoms with Gasteiger partial charge in [-0.05, 0) is 50.2 Å². The van der Waals surface area contributed by atoms with Crippen molar-refractivity contribution >= 4 is 17.5 Å². The van der Waals surface area contributed by atoms with E-state index >= 15 is 0 Å². The molecule has 0 saturated heterocycles. The smallest absolute Gasteiger partial charge is 0.279 e. The Bertz CT molecular complexity index is 828. The minimum atomic E-state index is -0.248. The van der Waals surface area contributed by atoms with Crippen LogP contribution in [0, 0.1) is 5.82 Å². The van der Waals surface area contributed by atoms with Crippen molar-refractivity contribution in [3.63, 3.8) is 0 Å². The van der Waals surface area contributed by atoms with Gasteiger partial charge in [-0.25, -0.2) is 4.39 Å². The zero-order valence-corrected chi connectivity index (χ0v) is 17.1. The second-order valence-corrected chi connectivity index (χ2v) is 7.52. The van der Waals surface area contributed by atoms with Crippen molar-refractivity contribution in [1.29, 1.82) is 0 Å². The van der Waals surface area contributed by atoms with E-state index in [0.29, 0.717) is 43.5 Å². The highest BCUT2D eigenvalue weighted by molar-refractivity contribution is 5.96. The monoisotopic (exact) mass is 398 g/mol. The predicted octanol–water partition coefficient (Wildman–Crippen LogP) is 2.49. The number of benzene rings is 2. The Labute approximate surface area is 171 Å². The van der Waals surface area contributed by atoms with Crippen LogP contribution in [0.15, 0.2) is 48.5 Å². The van der Waals surface area contributed by atoms with Gasteiger partial charge in [-0.2, -0.15) is 0 Å². The average molecular weight is 399 g/mol. The summed E-state index contributed by atoms with van der Waals surface area (Å²) in [5.41, 5.74) is 2.33. The first-order valence-corrected chi connectivity index (χ1v) is 10.3. The molecule has 154 valence electrons. The van der Waals surface area contributed by atoms with Gasteiger partial charge in [0.15, 0.2) is 6.54 Å². The van der Waals surface area contributed by atoms with Crippen molar-refractivity contribution in [3.05, 3.63) is 65.5 Å². The van der Waals surface area contributed by atoms with E-state index in [2.05, 4.69) is 5.32 Å². The van der Waals surface area contributed by atoms with Crippen LogP contribution in [0.25, 0.3) is 0 Å². The molecule has 2 amide bonds. The molecule has 0 spiro atoms. The molecule has 3 rings (SSSR count). The molecule has 29 heavy (non-hydrogen) atoms. The first-order valence-electron chi connectivity index (χ1n) is 10.3. The zero-order valence-electron chi connectivity index (χ0n) is 17.1. The Balaban J connectivity index is 1.57. The van der Waals surface area contributed by atoms with Crippen LogP contribution in [0.1, 0.15) is 42.6 Å². The molecule has 1 aliphatic rings. The summed E-state index contributed by atoms with van der Waals surface area (Å²) in [6.07, 6.45) is 2.23. The largest absolute Gasteiger partial charge is 0.339 e. The van der Waals surface area contributed by atoms with Gasteiger partial charge in [0.2, 0.25) is 0 Å². The second-order valence-electron chi connectivity index (χ2n) is 7.52. The summed E-state index contributed by atoms with van der Waals surface area (Å²) in [5.74, 6) is -0.309. The van der Waals surface area contributed by atoms with Crippen molar-refractivity contribution in [1.82, 2.24) is 4.90 Å². The highest BCUT2D eigenvalue weighted by atomic mass is 19.1. The number of halogens is 1. The molecule has 0 heterocycles. The summed E-state index contributed by atoms with van der Waals surface area (Å²) >= 11 is 0. The van der Waals surface area contributed by atoms with Crippen molar-refractivity contribution in [2.45, 2.75) is 39.3 Å². The summed E-state index contributed by atoms with van der Waals surface area (Å²) < 4.78 is 13.1. The second kappa shape index (κ2) is 9.65. The Kier molecular flexibility index (Phi) is 6.99. The first kappa shape index (κ1) is 21.0. The number of amides is 2. The fourth-order valence-electron chi connectivity index (χ4n) is 3.51. The number of anilines is 1. The lowest BCUT2D eigenvalue weighted by Crippen LogP contribution is -3.13. The normalized spacial score (nSPS) is 14.3. The van der Waals surface area contributed by atoms with Crippen molar-refractivity contribution in [2.75, 3.05) is 25.0 Å². The zero-order chi connectivity index (χ0) is 20.8. The van der Waals surface area contributed by atoms with E-state index in [0.717, 1.165) is 18.4 Å². The number of hydrogen-bond acceptors (Lipinski definition) is 2. The fourth-order valence-corrected chi connectivity index (χ4v) is 3.51. The van der Waals surface area contributed by atoms with Crippen LogP contribution >= 0.6 is 0 Å². The van der Waals surface area contributed by atoms with Gasteiger partial charge in [0.1, 0.15) is 12.4 Å². The molecule has 0 aliphatic heterocycles. The first-order chi connectivity index (χ1) is 14.0. The number of hydrogen-bond donors (Lipinski definition) is 2. The lowest BCUT2D eigenvalue weighted by atomic mass is 10.1. The molecule has 6 heteroatoms. The van der Waals surface area contributed by atoms with Crippen molar-refractivity contribution < 1.29 is 18.9 Å². The van der Waals surface area contributed by atoms with Gasteiger partial charge in [-0.3, -0.25) is 9.59 Å². The van der Waals surface area contributed by atoms with Crippen LogP contribution in [-0.4, -0.2) is 42.4 Å². The molecule has 0 bridgehead atoms. The highest BCUT2D eigenvalue weighted by Crippen LogP contribution is 2.16. The summed E-state index contributed by atoms with van der Waals surface area (Å²) in [7, 11) is 0. The molecule has 2 N–H and O–H groups in total. The third-order valence-corrected chi connectivity index (χ3v) is 5.35. The maximum Gasteiger partial charge on any atom is 0.279 e. The quantitative estimate of drug-likeness (QED) is 0.682. The van der Waals surface area contributed by atoms with Crippen molar-refractivity contribution in [3.8, 4) is 0 Å². The molecular weight excluding hydrogens is 369 g/mol. The van der Waals surface area contributed by atoms with E-state index in [1.165, 1.54) is 17.0 Å². The summed E-state index contributed by atoms with van der Waals surface area (Å²) in [5, 5.41) is 2.93. The summed E-state index contributed by atoms with van der Waals surface area (Å²) in [6.45, 7) is 6.31. The minimum absolute atomic E-state index is 0.00322. The number of nitrogens with one attached hydrogen (secondary N) is 2. The van der Waals surface area contributed by atoms with Gasteiger partial charge in [-0.15, -0.1) is 0 Å². The van der Waals surface area contributed by atoms with Crippen LogP contribution in [0.3, 0.4) is 0 Å². The van der Waals surface area contributed by atoms with Gasteiger partial charge in [0, 0.05) is 42.7 Å². The highest BCUT2D eigenvalue weighted by Gasteiger charge is 2.34. The van der Waals surface area contributed by atoms with E-state index in [4.69, 9.17) is 0 Å². The molecule has 2 aromatic carbocycles. The maximum atomic E-state index is 13.1. The van der Waals surface area contributed by atoms with E-state index < -0.39 is 0 Å². The molecular formula is C23H29FN3O2+. The van der Waals surface area contributed by atoms with Crippen LogP contribution in [0.2, 0.25) is 0 Å². The summed E-state index contributed by atoms with van der Waals surface area (Å²) in [6, 6.07) is 14.0. The van der Waals surface area contributed by atoms with Crippen LogP contribution in [-0.2, 0) is 11.3 Å². The number of nitrogens with zero attached hydrogens (tertiary/aromatic N) is 1. The maximum absolute atomic E-state index is 13.1. The SMILES string of the molecule is CCN(CC)C(=O)c1ccc(NC(=O)C[NH+](Cc2ccc(F)cc2)C2CC2)cc1. The van der Waals surface area contributed by atoms with Gasteiger partial charge >= 0.3 is 0 Å². The molecule has 2 aromatic rings. The Hall–Kier alpha value is -2.73. The number of carbonyl (C=O) groups is 2. The van der Waals surface area contributed by atoms with Crippen LogP contribution < -0.4 is 10.2 Å². The van der Waals surface area contributed by atoms with Gasteiger partial charge in [-0.1, -0.05) is 12.1 Å². The molecule has 0 aromatic heterocycles. The van der Waals surface area contributed by atoms with E-state index in [1.54, 1.807) is 41.3 Å². The lowest BCUT2D eigenvalue weighted by molar-refractivity contribution is -0.916. The van der Waals surface area contributed by atoms with E-state index in [9.17, 15) is 14.0 Å². The van der Waals surface area contributed by atoms with Gasteiger partial charge in [0.25, 0.3) is 11.8 Å². The molecule has 1 saturated carbocycles. The fraction of sp³-hybridized carbons (Fsp3) is 0.391. The summed E-state index contributed by atoms with van der Waals surface area (Å²) in [4.78, 5) is 27.9. The van der Waals surface area contributed by atoms with Crippen LogP contribution in [0.5, 0.6) is 0 Å². The number of carbonyl (C=O) groups excluding carboxylic acids is 2. The Morgan fingerprint density at radius 2 is 1.66 bits per heavy atom. The van der Waals surface area contributed by atoms with E-state index in [-0.39, 0.29) is 17.6 Å². The lowest BCUT2D eigenvalue weighted by Gasteiger charge is -2.19. The molecule has 1 unspecified atom stereocenters. The Morgan fingerprint density at radius 3 is 2.21 bits per heavy atom. The standard InChI is InChI=1S/C23H28FN3O2/c1-3-26(4-2)23(29)18-7-11-20(12-8-18)25-22(28)16-27(21-13-14-21)15-17-5-9-19(24)10-6-17/h5-12,21H,3-4,13-16H2,1-2H3,(H,25,28)/p+1. The molecule has 5 nitrogen and oxygen atoms in total. The van der Waals surface area contributed by atoms with Gasteiger partial charge in [0.05, 0.1) is 6.04 Å². The number of rotatable bonds is 9. The van der Waals surface area contributed by atoms with Gasteiger partial charge < -0.3 is 15.1 Å². The third kappa shape index (κ3) is 5.87. The molecule has 0 radical (unpaired) electrons.